The van der Waals surface area contributed by atoms with E-state index in [1.165, 1.54) is 22.5 Å². The highest BCUT2D eigenvalue weighted by Gasteiger charge is 2.35. The van der Waals surface area contributed by atoms with E-state index in [2.05, 4.69) is 0 Å². The summed E-state index contributed by atoms with van der Waals surface area (Å²) in [6, 6.07) is 4.82. The lowest BCUT2D eigenvalue weighted by Crippen LogP contribution is -2.41. The van der Waals surface area contributed by atoms with Crippen LogP contribution in [0.15, 0.2) is 24.3 Å². The molecular formula is C15H22ClF3N2O2S. The molecule has 0 amide bonds. The van der Waals surface area contributed by atoms with Gasteiger partial charge in [0.05, 0.1) is 11.3 Å². The van der Waals surface area contributed by atoms with E-state index in [0.29, 0.717) is 26.1 Å². The number of benzene rings is 1. The van der Waals surface area contributed by atoms with Gasteiger partial charge in [0.25, 0.3) is 0 Å². The third-order valence-corrected chi connectivity index (χ3v) is 5.90. The maximum atomic E-state index is 13.0. The average molecular weight is 387 g/mol. The number of nitrogens with zero attached hydrogens (tertiary/aromatic N) is 1. The summed E-state index contributed by atoms with van der Waals surface area (Å²) in [5, 5.41) is 0. The van der Waals surface area contributed by atoms with Gasteiger partial charge in [0.15, 0.2) is 0 Å². The summed E-state index contributed by atoms with van der Waals surface area (Å²) in [5.41, 5.74) is 4.41. The Morgan fingerprint density at radius 1 is 1.25 bits per heavy atom. The van der Waals surface area contributed by atoms with Crippen molar-refractivity contribution in [2.45, 2.75) is 31.2 Å². The lowest BCUT2D eigenvalue weighted by atomic mass is 9.96. The minimum atomic E-state index is -4.56. The van der Waals surface area contributed by atoms with Crippen molar-refractivity contribution in [3.8, 4) is 0 Å². The molecule has 1 aromatic rings. The highest BCUT2D eigenvalue weighted by molar-refractivity contribution is 7.88. The molecule has 1 saturated heterocycles. The fraction of sp³-hybridized carbons (Fsp3) is 0.600. The van der Waals surface area contributed by atoms with Crippen LogP contribution < -0.4 is 5.73 Å². The maximum absolute atomic E-state index is 13.0. The van der Waals surface area contributed by atoms with Crippen molar-refractivity contribution in [3.05, 3.63) is 35.4 Å². The molecule has 1 aliphatic heterocycles. The van der Waals surface area contributed by atoms with E-state index < -0.39 is 27.5 Å². The van der Waals surface area contributed by atoms with Gasteiger partial charge in [-0.2, -0.15) is 13.2 Å². The summed E-state index contributed by atoms with van der Waals surface area (Å²) in [5.74, 6) is -0.445. The van der Waals surface area contributed by atoms with Crippen LogP contribution in [0.4, 0.5) is 13.2 Å². The van der Waals surface area contributed by atoms with Crippen molar-refractivity contribution in [2.24, 2.45) is 11.7 Å². The van der Waals surface area contributed by atoms with E-state index >= 15 is 0 Å². The van der Waals surface area contributed by atoms with E-state index in [9.17, 15) is 21.6 Å². The Kier molecular flexibility index (Phi) is 7.52. The van der Waals surface area contributed by atoms with E-state index in [0.717, 1.165) is 18.9 Å². The Balaban J connectivity index is 0.00000288. The molecule has 1 aliphatic rings. The SMILES string of the molecule is Cl.NCCC1CCCN(S(=O)(=O)Cc2ccccc2C(F)(F)F)C1. The van der Waals surface area contributed by atoms with Gasteiger partial charge < -0.3 is 5.73 Å². The average Bonchev–Trinajstić information content (AvgIpc) is 2.47. The third kappa shape index (κ3) is 5.34. The molecule has 0 bridgehead atoms. The lowest BCUT2D eigenvalue weighted by Gasteiger charge is -2.32. The molecule has 0 aromatic heterocycles. The van der Waals surface area contributed by atoms with Crippen LogP contribution in [0.25, 0.3) is 0 Å². The first-order chi connectivity index (χ1) is 10.7. The van der Waals surface area contributed by atoms with Crippen LogP contribution in [-0.2, 0) is 22.0 Å². The van der Waals surface area contributed by atoms with E-state index in [1.807, 2.05) is 0 Å². The molecule has 1 unspecified atom stereocenters. The molecule has 1 fully saturated rings. The zero-order valence-corrected chi connectivity index (χ0v) is 14.8. The fourth-order valence-corrected chi connectivity index (χ4v) is 4.63. The summed E-state index contributed by atoms with van der Waals surface area (Å²) in [7, 11) is -3.78. The van der Waals surface area contributed by atoms with Gasteiger partial charge in [-0.1, -0.05) is 18.2 Å². The minimum Gasteiger partial charge on any atom is -0.330 e. The highest BCUT2D eigenvalue weighted by Crippen LogP contribution is 2.33. The number of alkyl halides is 3. The van der Waals surface area contributed by atoms with Gasteiger partial charge in [-0.3, -0.25) is 0 Å². The first-order valence-corrected chi connectivity index (χ1v) is 9.18. The fourth-order valence-electron chi connectivity index (χ4n) is 2.96. The Morgan fingerprint density at radius 2 is 1.92 bits per heavy atom. The molecule has 0 spiro atoms. The van der Waals surface area contributed by atoms with Crippen LogP contribution in [-0.4, -0.2) is 32.4 Å². The van der Waals surface area contributed by atoms with Crippen LogP contribution in [0.2, 0.25) is 0 Å². The molecule has 138 valence electrons. The smallest absolute Gasteiger partial charge is 0.330 e. The van der Waals surface area contributed by atoms with Crippen LogP contribution in [0, 0.1) is 5.92 Å². The van der Waals surface area contributed by atoms with Crippen molar-refractivity contribution in [1.82, 2.24) is 4.31 Å². The monoisotopic (exact) mass is 386 g/mol. The molecule has 1 atom stereocenters. The van der Waals surface area contributed by atoms with Gasteiger partial charge >= 0.3 is 6.18 Å². The van der Waals surface area contributed by atoms with Crippen LogP contribution in [0.5, 0.6) is 0 Å². The Hall–Kier alpha value is -0.830. The molecule has 0 saturated carbocycles. The Labute approximate surface area is 146 Å². The molecule has 0 aliphatic carbocycles. The van der Waals surface area contributed by atoms with Gasteiger partial charge in [0.1, 0.15) is 0 Å². The quantitative estimate of drug-likeness (QED) is 0.846. The van der Waals surface area contributed by atoms with Gasteiger partial charge in [-0.15, -0.1) is 12.4 Å². The number of hydrogen-bond acceptors (Lipinski definition) is 3. The zero-order chi connectivity index (χ0) is 17.1. The van der Waals surface area contributed by atoms with Crippen molar-refractivity contribution in [2.75, 3.05) is 19.6 Å². The molecule has 2 rings (SSSR count). The van der Waals surface area contributed by atoms with E-state index in [1.54, 1.807) is 0 Å². The number of sulfonamides is 1. The van der Waals surface area contributed by atoms with Crippen LogP contribution in [0.1, 0.15) is 30.4 Å². The second-order valence-corrected chi connectivity index (χ2v) is 7.82. The third-order valence-electron chi connectivity index (χ3n) is 4.11. The van der Waals surface area contributed by atoms with Crippen LogP contribution >= 0.6 is 12.4 Å². The minimum absolute atomic E-state index is 0. The maximum Gasteiger partial charge on any atom is 0.416 e. The summed E-state index contributed by atoms with van der Waals surface area (Å²) in [6.45, 7) is 1.18. The Morgan fingerprint density at radius 3 is 2.54 bits per heavy atom. The van der Waals surface area contributed by atoms with E-state index in [4.69, 9.17) is 5.73 Å². The second kappa shape index (κ2) is 8.51. The first-order valence-electron chi connectivity index (χ1n) is 7.57. The van der Waals surface area contributed by atoms with Gasteiger partial charge in [0.2, 0.25) is 10.0 Å². The van der Waals surface area contributed by atoms with Crippen molar-refractivity contribution in [1.29, 1.82) is 0 Å². The zero-order valence-electron chi connectivity index (χ0n) is 13.1. The van der Waals surface area contributed by atoms with Gasteiger partial charge in [-0.25, -0.2) is 12.7 Å². The number of halogens is 4. The summed E-state index contributed by atoms with van der Waals surface area (Å²) in [6.07, 6.45) is -2.21. The molecule has 24 heavy (non-hydrogen) atoms. The van der Waals surface area contributed by atoms with E-state index in [-0.39, 0.29) is 23.9 Å². The number of hydrogen-bond donors (Lipinski definition) is 1. The number of nitrogens with two attached hydrogens (primary N) is 1. The summed E-state index contributed by atoms with van der Waals surface area (Å²) < 4.78 is 65.3. The molecule has 2 N–H and O–H groups in total. The molecule has 1 heterocycles. The lowest BCUT2D eigenvalue weighted by molar-refractivity contribution is -0.138. The van der Waals surface area contributed by atoms with Crippen molar-refractivity contribution >= 4 is 22.4 Å². The van der Waals surface area contributed by atoms with Crippen molar-refractivity contribution in [3.63, 3.8) is 0 Å². The molecule has 4 nitrogen and oxygen atoms in total. The van der Waals surface area contributed by atoms with Gasteiger partial charge in [0, 0.05) is 13.1 Å². The Bertz CT molecular complexity index is 636. The second-order valence-electron chi connectivity index (χ2n) is 5.85. The van der Waals surface area contributed by atoms with Gasteiger partial charge in [-0.05, 0) is 43.4 Å². The predicted octanol–water partition coefficient (Wildman–Crippen LogP) is 3.02. The standard InChI is InChI=1S/C15H21F3N2O2S.ClH/c16-15(17,18)14-6-2-1-5-13(14)11-23(21,22)20-9-3-4-12(10-20)7-8-19;/h1-2,5-6,12H,3-4,7-11,19H2;1H. The number of rotatable bonds is 5. The molecule has 1 aromatic carbocycles. The first kappa shape index (κ1) is 21.2. The largest absolute Gasteiger partial charge is 0.416 e. The summed E-state index contributed by atoms with van der Waals surface area (Å²) >= 11 is 0. The summed E-state index contributed by atoms with van der Waals surface area (Å²) in [4.78, 5) is 0. The predicted molar refractivity (Wildman–Crippen MR) is 89.3 cm³/mol. The van der Waals surface area contributed by atoms with Crippen LogP contribution in [0.3, 0.4) is 0 Å². The molecule has 0 radical (unpaired) electrons. The molecule has 9 heteroatoms. The normalized spacial score (nSPS) is 19.8. The molecular weight excluding hydrogens is 365 g/mol. The van der Waals surface area contributed by atoms with Crippen molar-refractivity contribution < 1.29 is 21.6 Å². The number of piperidine rings is 1. The highest BCUT2D eigenvalue weighted by atomic mass is 35.5. The topological polar surface area (TPSA) is 63.4 Å².